The van der Waals surface area contributed by atoms with Crippen molar-refractivity contribution in [1.29, 1.82) is 0 Å². The molecular formula is C16H21N7O4. The number of ether oxygens (including phenoxy) is 1. The largest absolute Gasteiger partial charge is 0.451 e. The van der Waals surface area contributed by atoms with Crippen molar-refractivity contribution < 1.29 is 14.3 Å². The number of carbonyl (C=O) groups excluding carboxylic acids is 2. The first-order valence-electron chi connectivity index (χ1n) is 8.54. The summed E-state index contributed by atoms with van der Waals surface area (Å²) in [6.07, 6.45) is 3.72. The molecule has 144 valence electrons. The van der Waals surface area contributed by atoms with Crippen LogP contribution in [0.5, 0.6) is 0 Å². The van der Waals surface area contributed by atoms with Gasteiger partial charge in [0.25, 0.3) is 5.91 Å². The molecule has 0 N–H and O–H groups in total. The first kappa shape index (κ1) is 18.5. The Labute approximate surface area is 155 Å². The van der Waals surface area contributed by atoms with Crippen LogP contribution in [0, 0.1) is 0 Å². The predicted molar refractivity (Wildman–Crippen MR) is 93.8 cm³/mol. The molecule has 2 aromatic rings. The van der Waals surface area contributed by atoms with Crippen LogP contribution in [0.4, 0.5) is 5.95 Å². The summed E-state index contributed by atoms with van der Waals surface area (Å²) in [5.41, 5.74) is -0.426. The molecule has 3 heterocycles. The first-order valence-corrected chi connectivity index (χ1v) is 8.54. The van der Waals surface area contributed by atoms with Crippen LogP contribution < -0.4 is 10.6 Å². The van der Waals surface area contributed by atoms with E-state index in [1.807, 2.05) is 4.90 Å². The Morgan fingerprint density at radius 1 is 1.19 bits per heavy atom. The number of carbonyl (C=O) groups is 2. The second kappa shape index (κ2) is 7.98. The van der Waals surface area contributed by atoms with Crippen molar-refractivity contribution >= 4 is 17.8 Å². The molecule has 1 amide bonds. The lowest BCUT2D eigenvalue weighted by Crippen LogP contribution is -2.52. The lowest BCUT2D eigenvalue weighted by molar-refractivity contribution is -0.160. The zero-order chi connectivity index (χ0) is 19.4. The molecular weight excluding hydrogens is 354 g/mol. The number of hydrogen-bond acceptors (Lipinski definition) is 8. The molecule has 1 saturated heterocycles. The molecule has 1 aliphatic heterocycles. The van der Waals surface area contributed by atoms with Gasteiger partial charge in [-0.1, -0.05) is 0 Å². The standard InChI is InChI=1S/C16H21N7O4/c1-12(27-13(24)10-23-16(26)20(2)11-19-23)14(25)21-6-8-22(9-7-21)15-17-4-3-5-18-15/h3-5,11-12H,6-10H2,1-2H3. The lowest BCUT2D eigenvalue weighted by atomic mass is 10.2. The smallest absolute Gasteiger partial charge is 0.345 e. The molecule has 0 radical (unpaired) electrons. The van der Waals surface area contributed by atoms with Crippen molar-refractivity contribution in [3.63, 3.8) is 0 Å². The number of amides is 1. The van der Waals surface area contributed by atoms with Gasteiger partial charge >= 0.3 is 11.7 Å². The molecule has 0 spiro atoms. The van der Waals surface area contributed by atoms with E-state index in [2.05, 4.69) is 15.1 Å². The van der Waals surface area contributed by atoms with Gasteiger partial charge in [-0.3, -0.25) is 14.2 Å². The highest BCUT2D eigenvalue weighted by molar-refractivity contribution is 5.83. The highest BCUT2D eigenvalue weighted by atomic mass is 16.5. The number of hydrogen-bond donors (Lipinski definition) is 0. The highest BCUT2D eigenvalue weighted by Gasteiger charge is 2.28. The fraction of sp³-hybridized carbons (Fsp3) is 0.500. The van der Waals surface area contributed by atoms with E-state index in [-0.39, 0.29) is 12.5 Å². The van der Waals surface area contributed by atoms with Gasteiger partial charge in [-0.15, -0.1) is 0 Å². The Morgan fingerprint density at radius 3 is 2.44 bits per heavy atom. The predicted octanol–water partition coefficient (Wildman–Crippen LogP) is -1.35. The van der Waals surface area contributed by atoms with Crippen molar-refractivity contribution in [1.82, 2.24) is 29.2 Å². The van der Waals surface area contributed by atoms with Gasteiger partial charge in [0.15, 0.2) is 6.10 Å². The summed E-state index contributed by atoms with van der Waals surface area (Å²) >= 11 is 0. The van der Waals surface area contributed by atoms with E-state index in [0.29, 0.717) is 32.1 Å². The van der Waals surface area contributed by atoms with Gasteiger partial charge in [-0.05, 0) is 13.0 Å². The minimum absolute atomic E-state index is 0.273. The quantitative estimate of drug-likeness (QED) is 0.589. The van der Waals surface area contributed by atoms with Crippen molar-refractivity contribution in [2.75, 3.05) is 31.1 Å². The van der Waals surface area contributed by atoms with E-state index in [4.69, 9.17) is 4.74 Å². The lowest BCUT2D eigenvalue weighted by Gasteiger charge is -2.35. The molecule has 2 aromatic heterocycles. The molecule has 11 nitrogen and oxygen atoms in total. The van der Waals surface area contributed by atoms with Gasteiger partial charge in [-0.25, -0.2) is 19.4 Å². The number of aryl methyl sites for hydroxylation is 1. The average Bonchev–Trinajstić information content (AvgIpc) is 3.00. The van der Waals surface area contributed by atoms with Crippen LogP contribution in [0.1, 0.15) is 6.92 Å². The van der Waals surface area contributed by atoms with E-state index in [1.165, 1.54) is 24.9 Å². The summed E-state index contributed by atoms with van der Waals surface area (Å²) in [4.78, 5) is 48.2. The van der Waals surface area contributed by atoms with Crippen molar-refractivity contribution in [3.8, 4) is 0 Å². The zero-order valence-corrected chi connectivity index (χ0v) is 15.2. The molecule has 1 fully saturated rings. The molecule has 11 heteroatoms. The fourth-order valence-electron chi connectivity index (χ4n) is 2.77. The molecule has 1 atom stereocenters. The van der Waals surface area contributed by atoms with Gasteiger partial charge in [0.05, 0.1) is 0 Å². The molecule has 0 aliphatic carbocycles. The third kappa shape index (κ3) is 4.30. The van der Waals surface area contributed by atoms with Crippen molar-refractivity contribution in [3.05, 3.63) is 35.3 Å². The van der Waals surface area contributed by atoms with Crippen molar-refractivity contribution in [2.45, 2.75) is 19.6 Å². The molecule has 27 heavy (non-hydrogen) atoms. The fourth-order valence-corrected chi connectivity index (χ4v) is 2.77. The minimum atomic E-state index is -0.934. The summed E-state index contributed by atoms with van der Waals surface area (Å²) < 4.78 is 7.40. The molecule has 1 aliphatic rings. The number of rotatable bonds is 5. The summed E-state index contributed by atoms with van der Waals surface area (Å²) in [6.45, 7) is 3.35. The van der Waals surface area contributed by atoms with Crippen LogP contribution >= 0.6 is 0 Å². The number of esters is 1. The van der Waals surface area contributed by atoms with Gasteiger partial charge in [0, 0.05) is 45.6 Å². The Morgan fingerprint density at radius 2 is 1.85 bits per heavy atom. The maximum atomic E-state index is 12.5. The van der Waals surface area contributed by atoms with Crippen LogP contribution in [0.25, 0.3) is 0 Å². The third-order valence-corrected chi connectivity index (χ3v) is 4.25. The van der Waals surface area contributed by atoms with Gasteiger partial charge in [0.2, 0.25) is 5.95 Å². The van der Waals surface area contributed by atoms with E-state index >= 15 is 0 Å². The normalized spacial score (nSPS) is 15.5. The van der Waals surface area contributed by atoms with E-state index < -0.39 is 17.8 Å². The maximum absolute atomic E-state index is 12.5. The van der Waals surface area contributed by atoms with Crippen molar-refractivity contribution in [2.24, 2.45) is 7.05 Å². The summed E-state index contributed by atoms with van der Waals surface area (Å²) in [7, 11) is 1.53. The minimum Gasteiger partial charge on any atom is -0.451 e. The molecule has 0 aromatic carbocycles. The van der Waals surface area contributed by atoms with Gasteiger partial charge < -0.3 is 14.5 Å². The Bertz CT molecular complexity index is 855. The average molecular weight is 375 g/mol. The molecule has 1 unspecified atom stereocenters. The van der Waals surface area contributed by atoms with E-state index in [1.54, 1.807) is 23.4 Å². The van der Waals surface area contributed by atoms with Crippen LogP contribution in [0.2, 0.25) is 0 Å². The van der Waals surface area contributed by atoms with E-state index in [9.17, 15) is 14.4 Å². The Hall–Kier alpha value is -3.24. The molecule has 3 rings (SSSR count). The van der Waals surface area contributed by atoms with Crippen LogP contribution in [-0.2, 0) is 27.9 Å². The van der Waals surface area contributed by atoms with E-state index in [0.717, 1.165) is 4.68 Å². The summed E-state index contributed by atoms with van der Waals surface area (Å²) in [5, 5.41) is 3.79. The summed E-state index contributed by atoms with van der Waals surface area (Å²) in [6, 6.07) is 1.75. The Balaban J connectivity index is 1.50. The van der Waals surface area contributed by atoms with Gasteiger partial charge in [-0.2, -0.15) is 5.10 Å². The number of aromatic nitrogens is 5. The monoisotopic (exact) mass is 375 g/mol. The van der Waals surface area contributed by atoms with Gasteiger partial charge in [0.1, 0.15) is 12.9 Å². The highest BCUT2D eigenvalue weighted by Crippen LogP contribution is 2.11. The zero-order valence-electron chi connectivity index (χ0n) is 15.2. The van der Waals surface area contributed by atoms with Crippen LogP contribution in [-0.4, -0.2) is 73.4 Å². The van der Waals surface area contributed by atoms with Crippen LogP contribution in [0.3, 0.4) is 0 Å². The maximum Gasteiger partial charge on any atom is 0.345 e. The topological polar surface area (TPSA) is 115 Å². The number of piperazine rings is 1. The first-order chi connectivity index (χ1) is 13.0. The SMILES string of the molecule is CC(OC(=O)Cn1ncn(C)c1=O)C(=O)N1CCN(c2ncccn2)CC1. The molecule has 0 bridgehead atoms. The number of anilines is 1. The van der Waals surface area contributed by atoms with Crippen LogP contribution in [0.15, 0.2) is 29.6 Å². The second-order valence-electron chi connectivity index (χ2n) is 6.18. The second-order valence-corrected chi connectivity index (χ2v) is 6.18. The number of nitrogens with zero attached hydrogens (tertiary/aromatic N) is 7. The summed E-state index contributed by atoms with van der Waals surface area (Å²) in [5.74, 6) is -0.330. The third-order valence-electron chi connectivity index (χ3n) is 4.25. The molecule has 0 saturated carbocycles. The Kier molecular flexibility index (Phi) is 5.48.